The maximum absolute atomic E-state index is 6.29. The van der Waals surface area contributed by atoms with E-state index in [1.54, 1.807) is 0 Å². The quantitative estimate of drug-likeness (QED) is 0.604. The average Bonchev–Trinajstić information content (AvgIpc) is 2.42. The number of benzene rings is 2. The summed E-state index contributed by atoms with van der Waals surface area (Å²) >= 11 is 6.29. The number of aryl methyl sites for hydroxylation is 2. The summed E-state index contributed by atoms with van der Waals surface area (Å²) in [5.74, 6) is 0.668. The Kier molecular flexibility index (Phi) is 2.96. The van der Waals surface area contributed by atoms with Gasteiger partial charge in [-0.05, 0) is 37.1 Å². The number of halogens is 1. The maximum atomic E-state index is 6.29. The van der Waals surface area contributed by atoms with Crippen LogP contribution in [0.4, 0.5) is 0 Å². The lowest BCUT2D eigenvalue weighted by Gasteiger charge is -2.07. The van der Waals surface area contributed by atoms with Gasteiger partial charge in [0.2, 0.25) is 0 Å². The van der Waals surface area contributed by atoms with E-state index >= 15 is 0 Å². The molecule has 0 bridgehead atoms. The molecule has 0 aliphatic rings. The first-order chi connectivity index (χ1) is 9.15. The minimum atomic E-state index is 0.506. The van der Waals surface area contributed by atoms with E-state index in [1.165, 1.54) is 11.1 Å². The molecule has 0 unspecified atom stereocenters. The fourth-order valence-corrected chi connectivity index (χ4v) is 2.30. The molecule has 0 aliphatic heterocycles. The van der Waals surface area contributed by atoms with E-state index in [0.29, 0.717) is 11.0 Å². The predicted molar refractivity (Wildman–Crippen MR) is 79.5 cm³/mol. The average molecular weight is 269 g/mol. The van der Waals surface area contributed by atoms with Crippen LogP contribution in [0.5, 0.6) is 0 Å². The monoisotopic (exact) mass is 268 g/mol. The van der Waals surface area contributed by atoms with Crippen LogP contribution in [0.1, 0.15) is 11.1 Å². The zero-order valence-corrected chi connectivity index (χ0v) is 11.6. The number of fused-ring (bicyclic) bond motifs is 1. The summed E-state index contributed by atoms with van der Waals surface area (Å²) in [6, 6.07) is 14.0. The molecule has 0 N–H and O–H groups in total. The van der Waals surface area contributed by atoms with Crippen LogP contribution in [0.25, 0.3) is 22.3 Å². The molecule has 1 aromatic heterocycles. The molecule has 3 aromatic rings. The van der Waals surface area contributed by atoms with Gasteiger partial charge in [0.25, 0.3) is 0 Å². The Morgan fingerprint density at radius 1 is 0.895 bits per heavy atom. The smallest absolute Gasteiger partial charge is 0.161 e. The summed E-state index contributed by atoms with van der Waals surface area (Å²) in [5.41, 5.74) is 4.28. The first-order valence-electron chi connectivity index (χ1n) is 6.15. The van der Waals surface area contributed by atoms with Gasteiger partial charge in [-0.1, -0.05) is 41.9 Å². The molecule has 0 aliphatic carbocycles. The van der Waals surface area contributed by atoms with E-state index in [1.807, 2.05) is 36.4 Å². The van der Waals surface area contributed by atoms with E-state index in [2.05, 4.69) is 29.9 Å². The highest BCUT2D eigenvalue weighted by molar-refractivity contribution is 6.34. The number of aromatic nitrogens is 2. The molecule has 2 nitrogen and oxygen atoms in total. The lowest BCUT2D eigenvalue weighted by molar-refractivity contribution is 1.22. The normalized spacial score (nSPS) is 10.9. The molecular weight excluding hydrogens is 256 g/mol. The Labute approximate surface area is 117 Å². The van der Waals surface area contributed by atoms with Crippen LogP contribution in [0.15, 0.2) is 42.5 Å². The Morgan fingerprint density at radius 3 is 2.32 bits per heavy atom. The highest BCUT2D eigenvalue weighted by atomic mass is 35.5. The number of rotatable bonds is 1. The van der Waals surface area contributed by atoms with Gasteiger partial charge in [0, 0.05) is 10.9 Å². The zero-order valence-electron chi connectivity index (χ0n) is 10.8. The summed E-state index contributed by atoms with van der Waals surface area (Å²) in [5, 5.41) is 1.41. The summed E-state index contributed by atoms with van der Waals surface area (Å²) < 4.78 is 0. The summed E-state index contributed by atoms with van der Waals surface area (Å²) in [6.45, 7) is 4.14. The minimum Gasteiger partial charge on any atom is -0.228 e. The molecular formula is C16H13ClN2. The van der Waals surface area contributed by atoms with Crippen molar-refractivity contribution in [3.8, 4) is 11.4 Å². The molecule has 3 rings (SSSR count). The molecule has 3 heteroatoms. The van der Waals surface area contributed by atoms with Crippen LogP contribution in [-0.2, 0) is 0 Å². The zero-order chi connectivity index (χ0) is 13.4. The van der Waals surface area contributed by atoms with Crippen molar-refractivity contribution < 1.29 is 0 Å². The summed E-state index contributed by atoms with van der Waals surface area (Å²) in [7, 11) is 0. The fourth-order valence-electron chi connectivity index (χ4n) is 2.07. The van der Waals surface area contributed by atoms with Crippen LogP contribution < -0.4 is 0 Å². The minimum absolute atomic E-state index is 0.506. The van der Waals surface area contributed by atoms with E-state index in [0.717, 1.165) is 16.5 Å². The largest absolute Gasteiger partial charge is 0.228 e. The standard InChI is InChI=1S/C16H13ClN2/c1-10-8-13-14(9-11(10)2)18-16(19-15(13)17)12-6-4-3-5-7-12/h3-9H,1-2H3. The molecule has 0 saturated carbocycles. The third-order valence-corrected chi connectivity index (χ3v) is 3.58. The van der Waals surface area contributed by atoms with Crippen molar-refractivity contribution in [2.24, 2.45) is 0 Å². The third kappa shape index (κ3) is 2.20. The molecule has 0 fully saturated rings. The van der Waals surface area contributed by atoms with Crippen molar-refractivity contribution in [3.05, 3.63) is 58.7 Å². The Bertz CT molecular complexity index is 752. The van der Waals surface area contributed by atoms with Crippen molar-refractivity contribution in [1.29, 1.82) is 0 Å². The second kappa shape index (κ2) is 4.63. The summed E-state index contributed by atoms with van der Waals surface area (Å²) in [6.07, 6.45) is 0. The van der Waals surface area contributed by atoms with Gasteiger partial charge in [0.1, 0.15) is 5.15 Å². The van der Waals surface area contributed by atoms with Gasteiger partial charge in [-0.2, -0.15) is 0 Å². The molecule has 1 heterocycles. The molecule has 2 aromatic carbocycles. The molecule has 0 saturated heterocycles. The topological polar surface area (TPSA) is 25.8 Å². The first kappa shape index (κ1) is 12.1. The molecule has 94 valence electrons. The molecule has 0 atom stereocenters. The van der Waals surface area contributed by atoms with Crippen molar-refractivity contribution in [3.63, 3.8) is 0 Å². The van der Waals surface area contributed by atoms with Gasteiger partial charge in [0.15, 0.2) is 5.82 Å². The number of hydrogen-bond acceptors (Lipinski definition) is 2. The van der Waals surface area contributed by atoms with Crippen LogP contribution in [0.3, 0.4) is 0 Å². The lowest BCUT2D eigenvalue weighted by Crippen LogP contribution is -1.93. The first-order valence-corrected chi connectivity index (χ1v) is 6.53. The van der Waals surface area contributed by atoms with Crippen LogP contribution >= 0.6 is 11.6 Å². The molecule has 0 spiro atoms. The van der Waals surface area contributed by atoms with Crippen molar-refractivity contribution >= 4 is 22.5 Å². The molecule has 0 amide bonds. The number of nitrogens with zero attached hydrogens (tertiary/aromatic N) is 2. The highest BCUT2D eigenvalue weighted by Gasteiger charge is 2.09. The van der Waals surface area contributed by atoms with Gasteiger partial charge in [-0.25, -0.2) is 9.97 Å². The fraction of sp³-hybridized carbons (Fsp3) is 0.125. The van der Waals surface area contributed by atoms with Gasteiger partial charge < -0.3 is 0 Å². The summed E-state index contributed by atoms with van der Waals surface area (Å²) in [4.78, 5) is 9.01. The van der Waals surface area contributed by atoms with E-state index in [4.69, 9.17) is 11.6 Å². The van der Waals surface area contributed by atoms with Crippen molar-refractivity contribution in [1.82, 2.24) is 9.97 Å². The van der Waals surface area contributed by atoms with Gasteiger partial charge in [-0.3, -0.25) is 0 Å². The van der Waals surface area contributed by atoms with Crippen LogP contribution in [-0.4, -0.2) is 9.97 Å². The van der Waals surface area contributed by atoms with Gasteiger partial charge in [-0.15, -0.1) is 0 Å². The Morgan fingerprint density at radius 2 is 1.58 bits per heavy atom. The van der Waals surface area contributed by atoms with E-state index < -0.39 is 0 Å². The van der Waals surface area contributed by atoms with Crippen molar-refractivity contribution in [2.75, 3.05) is 0 Å². The second-order valence-corrected chi connectivity index (χ2v) is 5.02. The maximum Gasteiger partial charge on any atom is 0.161 e. The third-order valence-electron chi connectivity index (χ3n) is 3.30. The Hall–Kier alpha value is -1.93. The van der Waals surface area contributed by atoms with Crippen LogP contribution in [0.2, 0.25) is 5.15 Å². The van der Waals surface area contributed by atoms with E-state index in [-0.39, 0.29) is 0 Å². The van der Waals surface area contributed by atoms with E-state index in [9.17, 15) is 0 Å². The van der Waals surface area contributed by atoms with Gasteiger partial charge >= 0.3 is 0 Å². The van der Waals surface area contributed by atoms with Crippen LogP contribution in [0, 0.1) is 13.8 Å². The molecule has 0 radical (unpaired) electrons. The van der Waals surface area contributed by atoms with Crippen molar-refractivity contribution in [2.45, 2.75) is 13.8 Å². The predicted octanol–water partition coefficient (Wildman–Crippen LogP) is 4.57. The molecule has 19 heavy (non-hydrogen) atoms. The van der Waals surface area contributed by atoms with Gasteiger partial charge in [0.05, 0.1) is 5.52 Å². The lowest BCUT2D eigenvalue weighted by atomic mass is 10.1. The SMILES string of the molecule is Cc1cc2nc(-c3ccccc3)nc(Cl)c2cc1C. The second-order valence-electron chi connectivity index (χ2n) is 4.66. The number of hydrogen-bond donors (Lipinski definition) is 0. The highest BCUT2D eigenvalue weighted by Crippen LogP contribution is 2.26. The Balaban J connectivity index is 2.28.